The number of hydrogen-bond acceptors (Lipinski definition) is 2. The summed E-state index contributed by atoms with van der Waals surface area (Å²) in [4.78, 5) is 9.26. The fourth-order valence-electron chi connectivity index (χ4n) is 1.86. The molecular formula is C12H25O2P. The van der Waals surface area contributed by atoms with E-state index >= 15 is 0 Å². The minimum atomic E-state index is -0.995. The molecule has 1 rings (SSSR count). The Morgan fingerprint density at radius 1 is 1.20 bits per heavy atom. The minimum Gasteiger partial charge on any atom is -0.550 e. The molecule has 0 spiro atoms. The van der Waals surface area contributed by atoms with Crippen LogP contribution in [0.4, 0.5) is 0 Å². The quantitative estimate of drug-likeness (QED) is 0.686. The lowest BCUT2D eigenvalue weighted by atomic mass is 10.0. The molecule has 0 aromatic carbocycles. The molecule has 1 aliphatic rings. The van der Waals surface area contributed by atoms with E-state index in [2.05, 4.69) is 20.0 Å². The first kappa shape index (κ1) is 14.9. The summed E-state index contributed by atoms with van der Waals surface area (Å²) in [6, 6.07) is 0. The van der Waals surface area contributed by atoms with Crippen molar-refractivity contribution in [3.63, 3.8) is 0 Å². The zero-order valence-corrected chi connectivity index (χ0v) is 11.5. The number of carbonyl (C=O) groups excluding carboxylic acids is 1. The number of aliphatic carboxylic acids is 1. The van der Waals surface area contributed by atoms with Crippen LogP contribution in [0.25, 0.3) is 0 Å². The maximum absolute atomic E-state index is 9.26. The Kier molecular flexibility index (Phi) is 7.17. The van der Waals surface area contributed by atoms with Crippen molar-refractivity contribution in [3.05, 3.63) is 0 Å². The van der Waals surface area contributed by atoms with Crippen LogP contribution in [0.5, 0.6) is 0 Å². The smallest absolute Gasteiger partial charge is 0.0689 e. The zero-order chi connectivity index (χ0) is 11.9. The molecule has 1 aliphatic carbocycles. The summed E-state index contributed by atoms with van der Waals surface area (Å²) in [5, 5.41) is 9.26. The number of hydrogen-bond donors (Lipinski definition) is 0. The number of carbonyl (C=O) groups is 1. The standard InChI is InChI=1S/C9H20P.C3H6O2/c1-10(2,3)9-7-5-4-6-8-9;1-2-3(4)5/h9H,4-8H2,1-3H3;2H2,1H3,(H,4,5)/q+1;/p-1. The normalized spacial score (nSPS) is 17.9. The summed E-state index contributed by atoms with van der Waals surface area (Å²) in [5.41, 5.74) is 1.11. The highest BCUT2D eigenvalue weighted by Crippen LogP contribution is 2.56. The van der Waals surface area contributed by atoms with Gasteiger partial charge in [0, 0.05) is 33.2 Å². The van der Waals surface area contributed by atoms with Gasteiger partial charge in [-0.3, -0.25) is 0 Å². The van der Waals surface area contributed by atoms with E-state index in [0.717, 1.165) is 5.66 Å². The second-order valence-corrected chi connectivity index (χ2v) is 10.1. The van der Waals surface area contributed by atoms with Crippen molar-refractivity contribution in [2.24, 2.45) is 0 Å². The van der Waals surface area contributed by atoms with Crippen molar-refractivity contribution in [1.29, 1.82) is 0 Å². The van der Waals surface area contributed by atoms with E-state index in [9.17, 15) is 9.90 Å². The minimum absolute atomic E-state index is 0.111. The van der Waals surface area contributed by atoms with E-state index in [1.54, 1.807) is 0 Å². The van der Waals surface area contributed by atoms with Gasteiger partial charge >= 0.3 is 0 Å². The second-order valence-electron chi connectivity index (χ2n) is 5.13. The SMILES string of the molecule is CCC(=O)[O-].C[P+](C)(C)C1CCCCC1. The molecular weight excluding hydrogens is 207 g/mol. The van der Waals surface area contributed by atoms with Crippen LogP contribution in [0, 0.1) is 0 Å². The van der Waals surface area contributed by atoms with Gasteiger partial charge < -0.3 is 9.90 Å². The molecule has 0 aromatic rings. The lowest BCUT2D eigenvalue weighted by molar-refractivity contribution is -0.305. The van der Waals surface area contributed by atoms with Crippen molar-refractivity contribution in [3.8, 4) is 0 Å². The maximum atomic E-state index is 9.26. The second kappa shape index (κ2) is 7.22. The monoisotopic (exact) mass is 232 g/mol. The van der Waals surface area contributed by atoms with Crippen molar-refractivity contribution in [1.82, 2.24) is 0 Å². The number of carboxylic acids is 1. The van der Waals surface area contributed by atoms with Crippen LogP contribution in [0.2, 0.25) is 0 Å². The molecule has 0 saturated heterocycles. The van der Waals surface area contributed by atoms with Crippen molar-refractivity contribution >= 4 is 13.2 Å². The van der Waals surface area contributed by atoms with E-state index in [1.165, 1.54) is 39.0 Å². The van der Waals surface area contributed by atoms with E-state index in [4.69, 9.17) is 0 Å². The van der Waals surface area contributed by atoms with Gasteiger partial charge in [-0.15, -0.1) is 0 Å². The van der Waals surface area contributed by atoms with Crippen molar-refractivity contribution < 1.29 is 9.90 Å². The molecule has 0 atom stereocenters. The summed E-state index contributed by atoms with van der Waals surface area (Å²) >= 11 is 0. The highest BCUT2D eigenvalue weighted by molar-refractivity contribution is 7.74. The van der Waals surface area contributed by atoms with E-state index in [1.807, 2.05) is 0 Å². The summed E-state index contributed by atoms with van der Waals surface area (Å²) in [5.74, 6) is -0.995. The third-order valence-electron chi connectivity index (χ3n) is 2.96. The Bertz CT molecular complexity index is 179. The topological polar surface area (TPSA) is 40.1 Å². The average molecular weight is 232 g/mol. The molecule has 3 heteroatoms. The van der Waals surface area contributed by atoms with Gasteiger partial charge in [-0.1, -0.05) is 13.3 Å². The molecule has 2 nitrogen and oxygen atoms in total. The first-order valence-corrected chi connectivity index (χ1v) is 9.08. The first-order valence-electron chi connectivity index (χ1n) is 5.89. The van der Waals surface area contributed by atoms with E-state index in [0.29, 0.717) is 0 Å². The van der Waals surface area contributed by atoms with Gasteiger partial charge in [-0.05, 0) is 32.1 Å². The molecule has 0 aromatic heterocycles. The highest BCUT2D eigenvalue weighted by atomic mass is 31.2. The van der Waals surface area contributed by atoms with Gasteiger partial charge in [0.15, 0.2) is 0 Å². The Labute approximate surface area is 94.8 Å². The van der Waals surface area contributed by atoms with Crippen LogP contribution in [-0.2, 0) is 4.79 Å². The van der Waals surface area contributed by atoms with Gasteiger partial charge in [0.25, 0.3) is 0 Å². The van der Waals surface area contributed by atoms with Gasteiger partial charge in [-0.2, -0.15) is 0 Å². The fourth-order valence-corrected chi connectivity index (χ4v) is 3.77. The predicted molar refractivity (Wildman–Crippen MR) is 66.9 cm³/mol. The molecule has 0 amide bonds. The molecule has 0 bridgehead atoms. The van der Waals surface area contributed by atoms with Gasteiger partial charge in [0.2, 0.25) is 0 Å². The Morgan fingerprint density at radius 3 is 1.80 bits per heavy atom. The highest BCUT2D eigenvalue weighted by Gasteiger charge is 2.31. The van der Waals surface area contributed by atoms with E-state index < -0.39 is 13.2 Å². The summed E-state index contributed by atoms with van der Waals surface area (Å²) in [6.45, 7) is 9.00. The molecule has 90 valence electrons. The van der Waals surface area contributed by atoms with Crippen LogP contribution in [0.15, 0.2) is 0 Å². The number of rotatable bonds is 2. The Hall–Kier alpha value is -0.100. The van der Waals surface area contributed by atoms with Crippen LogP contribution < -0.4 is 5.11 Å². The molecule has 1 fully saturated rings. The largest absolute Gasteiger partial charge is 0.550 e. The third-order valence-corrected chi connectivity index (χ3v) is 5.67. The molecule has 0 aliphatic heterocycles. The van der Waals surface area contributed by atoms with E-state index in [-0.39, 0.29) is 6.42 Å². The van der Waals surface area contributed by atoms with Crippen LogP contribution in [0.1, 0.15) is 45.4 Å². The van der Waals surface area contributed by atoms with Crippen molar-refractivity contribution in [2.75, 3.05) is 20.0 Å². The molecule has 0 heterocycles. The maximum Gasteiger partial charge on any atom is 0.0689 e. The Balaban J connectivity index is 0.000000336. The average Bonchev–Trinajstić information content (AvgIpc) is 2.19. The molecule has 15 heavy (non-hydrogen) atoms. The van der Waals surface area contributed by atoms with Gasteiger partial charge in [0.1, 0.15) is 0 Å². The summed E-state index contributed by atoms with van der Waals surface area (Å²) in [6.07, 6.45) is 7.66. The van der Waals surface area contributed by atoms with Crippen LogP contribution in [-0.4, -0.2) is 31.6 Å². The summed E-state index contributed by atoms with van der Waals surface area (Å²) in [7, 11) is -0.491. The molecule has 0 unspecified atom stereocenters. The summed E-state index contributed by atoms with van der Waals surface area (Å²) < 4.78 is 0. The fraction of sp³-hybridized carbons (Fsp3) is 0.917. The van der Waals surface area contributed by atoms with Crippen LogP contribution in [0.3, 0.4) is 0 Å². The lowest BCUT2D eigenvalue weighted by Gasteiger charge is -2.27. The molecule has 1 saturated carbocycles. The lowest BCUT2D eigenvalue weighted by Crippen LogP contribution is -2.19. The number of carboxylic acid groups (broad SMARTS) is 1. The predicted octanol–water partition coefficient (Wildman–Crippen LogP) is 2.37. The van der Waals surface area contributed by atoms with Crippen LogP contribution >= 0.6 is 7.26 Å². The first-order chi connectivity index (χ1) is 6.88. The molecule has 0 N–H and O–H groups in total. The third kappa shape index (κ3) is 7.79. The van der Waals surface area contributed by atoms with Gasteiger partial charge in [0.05, 0.1) is 5.66 Å². The Morgan fingerprint density at radius 2 is 1.60 bits per heavy atom. The molecule has 0 radical (unpaired) electrons. The van der Waals surface area contributed by atoms with Gasteiger partial charge in [-0.25, -0.2) is 0 Å². The zero-order valence-electron chi connectivity index (χ0n) is 10.6. The van der Waals surface area contributed by atoms with Crippen molar-refractivity contribution in [2.45, 2.75) is 51.1 Å².